The Morgan fingerprint density at radius 2 is 1.25 bits per heavy atom. The van der Waals surface area contributed by atoms with Crippen LogP contribution in [0.1, 0.15) is 28.7 Å². The molecule has 0 aliphatic carbocycles. The molecule has 6 heterocycles. The highest BCUT2D eigenvalue weighted by Gasteiger charge is 2.22. The molecule has 0 radical (unpaired) electrons. The quantitative estimate of drug-likeness (QED) is 0.145. The molecule has 0 bridgehead atoms. The second kappa shape index (κ2) is 15.4. The molecule has 11 heteroatoms. The first-order valence-electron chi connectivity index (χ1n) is 16.0. The molecule has 244 valence electrons. The number of nitrogens with one attached hydrogen (secondary N) is 1. The molecule has 1 fully saturated rings. The van der Waals surface area contributed by atoms with E-state index in [9.17, 15) is 0 Å². The zero-order valence-corrected chi connectivity index (χ0v) is 27.5. The van der Waals surface area contributed by atoms with Crippen molar-refractivity contribution >= 4 is 40.3 Å². The van der Waals surface area contributed by atoms with Crippen molar-refractivity contribution in [1.29, 1.82) is 5.26 Å². The number of nitrogens with two attached hydrogens (primary N) is 2. The van der Waals surface area contributed by atoms with Crippen molar-refractivity contribution in [3.63, 3.8) is 0 Å². The van der Waals surface area contributed by atoms with E-state index in [1.54, 1.807) is 24.5 Å². The first-order valence-corrected chi connectivity index (χ1v) is 16.4. The number of nitriles is 1. The Morgan fingerprint density at radius 1 is 0.729 bits per heavy atom. The van der Waals surface area contributed by atoms with E-state index >= 15 is 0 Å². The molecule has 1 unspecified atom stereocenters. The smallest absolute Gasteiger partial charge is 0.179 e. The van der Waals surface area contributed by atoms with E-state index < -0.39 is 0 Å². The number of fused-ring (bicyclic) bond motifs is 2. The van der Waals surface area contributed by atoms with Gasteiger partial charge in [0.15, 0.2) is 6.19 Å². The van der Waals surface area contributed by atoms with Crippen molar-refractivity contribution in [2.24, 2.45) is 5.92 Å². The third-order valence-electron chi connectivity index (χ3n) is 8.62. The fourth-order valence-corrected chi connectivity index (χ4v) is 6.25. The van der Waals surface area contributed by atoms with Crippen LogP contribution in [0.3, 0.4) is 0 Å². The zero-order valence-electron chi connectivity index (χ0n) is 26.7. The third-order valence-corrected chi connectivity index (χ3v) is 8.82. The van der Waals surface area contributed by atoms with Crippen molar-refractivity contribution in [3.8, 4) is 6.19 Å². The highest BCUT2D eigenvalue weighted by Crippen LogP contribution is 2.29. The van der Waals surface area contributed by atoms with E-state index in [0.717, 1.165) is 75.2 Å². The van der Waals surface area contributed by atoms with Crippen LogP contribution in [0.5, 0.6) is 0 Å². The van der Waals surface area contributed by atoms with Crippen molar-refractivity contribution < 1.29 is 0 Å². The van der Waals surface area contributed by atoms with Gasteiger partial charge in [0.05, 0.1) is 0 Å². The predicted molar refractivity (Wildman–Crippen MR) is 193 cm³/mol. The second-order valence-electron chi connectivity index (χ2n) is 12.1. The number of halogens is 1. The molecule has 1 atom stereocenters. The van der Waals surface area contributed by atoms with Crippen LogP contribution in [-0.4, -0.2) is 39.5 Å². The molecular weight excluding hydrogens is 620 g/mol. The fraction of sp³-hybridized carbons (Fsp3) is 0.243. The van der Waals surface area contributed by atoms with Crippen LogP contribution < -0.4 is 26.6 Å². The van der Waals surface area contributed by atoms with Crippen LogP contribution in [0, 0.1) is 17.4 Å². The number of aromatic nitrogens is 3. The third kappa shape index (κ3) is 8.43. The molecule has 2 aromatic carbocycles. The number of nitrogen functional groups attached to an aromatic ring is 2. The number of hydrogen-bond donors (Lipinski definition) is 3. The van der Waals surface area contributed by atoms with Gasteiger partial charge in [0.2, 0.25) is 0 Å². The second-order valence-corrected chi connectivity index (χ2v) is 12.5. The van der Waals surface area contributed by atoms with Crippen LogP contribution in [0.15, 0.2) is 104 Å². The van der Waals surface area contributed by atoms with Crippen molar-refractivity contribution in [3.05, 3.63) is 131 Å². The monoisotopic (exact) mass is 658 g/mol. The van der Waals surface area contributed by atoms with Crippen LogP contribution in [0.25, 0.3) is 0 Å². The molecule has 5 aromatic rings. The van der Waals surface area contributed by atoms with Gasteiger partial charge in [-0.1, -0.05) is 60.1 Å². The summed E-state index contributed by atoms with van der Waals surface area (Å²) in [6, 6.07) is 28.2. The summed E-state index contributed by atoms with van der Waals surface area (Å²) in [5, 5.41) is 12.9. The summed E-state index contributed by atoms with van der Waals surface area (Å²) >= 11 is 5.45. The van der Waals surface area contributed by atoms with Gasteiger partial charge in [0, 0.05) is 93.6 Å². The molecular formula is C37H39ClN10. The highest BCUT2D eigenvalue weighted by atomic mass is 35.5. The lowest BCUT2D eigenvalue weighted by Gasteiger charge is -2.18. The van der Waals surface area contributed by atoms with Gasteiger partial charge in [0.1, 0.15) is 16.8 Å². The number of likely N-dealkylation sites (tertiary alicyclic amines) is 1. The Morgan fingerprint density at radius 3 is 1.73 bits per heavy atom. The first-order chi connectivity index (χ1) is 23.4. The topological polar surface area (TPSA) is 136 Å². The molecule has 48 heavy (non-hydrogen) atoms. The lowest BCUT2D eigenvalue weighted by Crippen LogP contribution is -2.19. The van der Waals surface area contributed by atoms with E-state index in [-0.39, 0.29) is 0 Å². The minimum absolute atomic E-state index is 0.435. The van der Waals surface area contributed by atoms with Gasteiger partial charge < -0.3 is 31.5 Å². The highest BCUT2D eigenvalue weighted by molar-refractivity contribution is 6.29. The zero-order chi connectivity index (χ0) is 33.3. The van der Waals surface area contributed by atoms with Crippen LogP contribution in [0.4, 0.5) is 28.7 Å². The lowest BCUT2D eigenvalue weighted by molar-refractivity contribution is 0.461. The van der Waals surface area contributed by atoms with Crippen LogP contribution >= 0.6 is 11.6 Å². The standard InChI is InChI=1S/C19H21N5.C13H13N3.C5H5ClN2/c20-14-23-8-6-15(11-23)10-22-18-5-7-21-19(9-18)24-12-16-3-1-2-4-17(16)13-24;14-12-5-6-15-13(7-12)16-8-10-3-1-2-4-11(10)9-16;6-5-3-4(7)1-2-8-5/h1-5,7,9,15H,6,8,10-13H2,(H,21,22);1-7H,8-9H2,(H2,14,15);1-3H,(H2,7,8). The number of hydrogen-bond acceptors (Lipinski definition) is 10. The Labute approximate surface area is 286 Å². The molecule has 0 spiro atoms. The Balaban J connectivity index is 0.000000143. The minimum atomic E-state index is 0.435. The van der Waals surface area contributed by atoms with Gasteiger partial charge in [-0.3, -0.25) is 0 Å². The molecule has 3 aliphatic heterocycles. The molecule has 3 aliphatic rings. The Hall–Kier alpha value is -5.53. The first kappa shape index (κ1) is 32.4. The molecule has 0 amide bonds. The molecule has 0 saturated carbocycles. The van der Waals surface area contributed by atoms with Crippen molar-refractivity contribution in [1.82, 2.24) is 19.9 Å². The molecule has 1 saturated heterocycles. The number of benzene rings is 2. The van der Waals surface area contributed by atoms with E-state index in [0.29, 0.717) is 16.8 Å². The summed E-state index contributed by atoms with van der Waals surface area (Å²) in [4.78, 5) is 19.0. The van der Waals surface area contributed by atoms with Gasteiger partial charge >= 0.3 is 0 Å². The normalized spacial score (nSPS) is 15.8. The van der Waals surface area contributed by atoms with Gasteiger partial charge in [-0.2, -0.15) is 5.26 Å². The maximum atomic E-state index is 8.94. The Bertz CT molecular complexity index is 1810. The summed E-state index contributed by atoms with van der Waals surface area (Å²) in [5.41, 5.74) is 19.2. The predicted octanol–water partition coefficient (Wildman–Crippen LogP) is 6.32. The molecule has 8 rings (SSSR count). The maximum Gasteiger partial charge on any atom is 0.179 e. The summed E-state index contributed by atoms with van der Waals surface area (Å²) in [6.07, 6.45) is 8.52. The summed E-state index contributed by atoms with van der Waals surface area (Å²) < 4.78 is 0. The van der Waals surface area contributed by atoms with Crippen LogP contribution in [-0.2, 0) is 26.2 Å². The largest absolute Gasteiger partial charge is 0.399 e. The average molecular weight is 659 g/mol. The average Bonchev–Trinajstić information content (AvgIpc) is 3.86. The summed E-state index contributed by atoms with van der Waals surface area (Å²) in [5.74, 6) is 2.51. The minimum Gasteiger partial charge on any atom is -0.399 e. The van der Waals surface area contributed by atoms with Gasteiger partial charge in [0.25, 0.3) is 0 Å². The van der Waals surface area contributed by atoms with E-state index in [1.807, 2.05) is 29.3 Å². The molecule has 10 nitrogen and oxygen atoms in total. The number of nitrogens with zero attached hydrogens (tertiary/aromatic N) is 7. The SMILES string of the molecule is N#CN1CCC(CNc2ccnc(N3Cc4ccccc4C3)c2)C1.Nc1ccnc(Cl)c1.Nc1ccnc(N2Cc3ccccc3C2)c1. The number of pyridine rings is 3. The number of anilines is 5. The van der Waals surface area contributed by atoms with Gasteiger partial charge in [-0.05, 0) is 58.9 Å². The fourth-order valence-electron chi connectivity index (χ4n) is 6.07. The summed E-state index contributed by atoms with van der Waals surface area (Å²) in [7, 11) is 0. The lowest BCUT2D eigenvalue weighted by atomic mass is 10.1. The van der Waals surface area contributed by atoms with E-state index in [4.69, 9.17) is 28.3 Å². The van der Waals surface area contributed by atoms with Crippen molar-refractivity contribution in [2.75, 3.05) is 46.2 Å². The Kier molecular flexibility index (Phi) is 10.4. The van der Waals surface area contributed by atoms with Crippen molar-refractivity contribution in [2.45, 2.75) is 32.6 Å². The van der Waals surface area contributed by atoms with E-state index in [2.05, 4.69) is 90.9 Å². The van der Waals surface area contributed by atoms with Gasteiger partial charge in [-0.15, -0.1) is 0 Å². The summed E-state index contributed by atoms with van der Waals surface area (Å²) in [6.45, 7) is 6.35. The van der Waals surface area contributed by atoms with Crippen LogP contribution in [0.2, 0.25) is 5.15 Å². The molecule has 3 aromatic heterocycles. The van der Waals surface area contributed by atoms with E-state index in [1.165, 1.54) is 22.3 Å². The van der Waals surface area contributed by atoms with Gasteiger partial charge in [-0.25, -0.2) is 15.0 Å². The maximum absolute atomic E-state index is 8.94. The molecule has 5 N–H and O–H groups in total. The number of rotatable bonds is 5.